The van der Waals surface area contributed by atoms with Crippen LogP contribution in [0.2, 0.25) is 0 Å². The first-order valence-electron chi connectivity index (χ1n) is 8.35. The highest BCUT2D eigenvalue weighted by molar-refractivity contribution is 7.80. The van der Waals surface area contributed by atoms with Crippen molar-refractivity contribution in [1.29, 1.82) is 0 Å². The number of ether oxygens (including phenoxy) is 1. The number of halogens is 1. The number of para-hydroxylation sites is 1. The molecule has 1 aromatic carbocycles. The summed E-state index contributed by atoms with van der Waals surface area (Å²) in [5.41, 5.74) is 4.99. The molecule has 2 aromatic rings. The minimum Gasteiger partial charge on any atom is -0.383 e. The van der Waals surface area contributed by atoms with E-state index in [0.717, 1.165) is 0 Å². The fourth-order valence-electron chi connectivity index (χ4n) is 2.53. The van der Waals surface area contributed by atoms with Crippen molar-refractivity contribution < 1.29 is 9.13 Å². The molecule has 0 saturated carbocycles. The van der Waals surface area contributed by atoms with E-state index in [1.807, 2.05) is 6.92 Å². The summed E-state index contributed by atoms with van der Waals surface area (Å²) in [6.45, 7) is 2.61. The molecule has 1 heterocycles. The molecule has 1 aromatic heterocycles. The smallest absolute Gasteiger partial charge is 0.330 e. The SMILES string of the molecule is CCCn1c(N)c(N(CCOC)C(=S)Nc2ccccc2F)c(=O)[nH]c1=O. The number of nitrogen functional groups attached to an aromatic ring is 1. The Balaban J connectivity index is 2.49. The summed E-state index contributed by atoms with van der Waals surface area (Å²) in [4.78, 5) is 28.1. The predicted molar refractivity (Wildman–Crippen MR) is 108 cm³/mol. The topological polar surface area (TPSA) is 105 Å². The number of aromatic amines is 1. The van der Waals surface area contributed by atoms with Crippen LogP contribution in [-0.4, -0.2) is 34.9 Å². The number of methoxy groups -OCH3 is 1. The number of anilines is 3. The van der Waals surface area contributed by atoms with Crippen LogP contribution >= 0.6 is 12.2 Å². The molecule has 0 amide bonds. The molecule has 0 fully saturated rings. The zero-order valence-electron chi connectivity index (χ0n) is 15.1. The molecule has 10 heteroatoms. The molecular weight excluding hydrogens is 373 g/mol. The summed E-state index contributed by atoms with van der Waals surface area (Å²) in [5, 5.41) is 2.82. The van der Waals surface area contributed by atoms with E-state index in [4.69, 9.17) is 22.7 Å². The average molecular weight is 395 g/mol. The van der Waals surface area contributed by atoms with Crippen LogP contribution in [0.15, 0.2) is 33.9 Å². The Kier molecular flexibility index (Phi) is 7.08. The molecule has 27 heavy (non-hydrogen) atoms. The first-order chi connectivity index (χ1) is 12.9. The molecule has 146 valence electrons. The number of aromatic nitrogens is 2. The van der Waals surface area contributed by atoms with Crippen molar-refractivity contribution in [3.05, 3.63) is 50.9 Å². The van der Waals surface area contributed by atoms with Gasteiger partial charge in [-0.1, -0.05) is 19.1 Å². The van der Waals surface area contributed by atoms with Gasteiger partial charge in [0.15, 0.2) is 10.8 Å². The van der Waals surface area contributed by atoms with Gasteiger partial charge in [-0.3, -0.25) is 14.3 Å². The van der Waals surface area contributed by atoms with Gasteiger partial charge in [0, 0.05) is 20.2 Å². The standard InChI is InChI=1S/C17H22FN5O3S/c1-3-8-23-14(19)13(15(24)21-16(23)25)22(9-10-26-2)17(27)20-12-7-5-4-6-11(12)18/h4-7H,3,8-10,19H2,1-2H3,(H,20,27)(H,21,24,25). The monoisotopic (exact) mass is 395 g/mol. The molecule has 0 atom stereocenters. The van der Waals surface area contributed by atoms with Gasteiger partial charge in [0.25, 0.3) is 5.56 Å². The second kappa shape index (κ2) is 9.28. The normalized spacial score (nSPS) is 10.6. The van der Waals surface area contributed by atoms with Crippen molar-refractivity contribution in [1.82, 2.24) is 9.55 Å². The number of benzene rings is 1. The Hall–Kier alpha value is -2.72. The van der Waals surface area contributed by atoms with Crippen LogP contribution in [0.1, 0.15) is 13.3 Å². The quantitative estimate of drug-likeness (QED) is 0.611. The van der Waals surface area contributed by atoms with Crippen LogP contribution in [0.25, 0.3) is 0 Å². The number of thiocarbonyl (C=S) groups is 1. The van der Waals surface area contributed by atoms with Crippen molar-refractivity contribution in [3.63, 3.8) is 0 Å². The largest absolute Gasteiger partial charge is 0.383 e. The third kappa shape index (κ3) is 4.72. The molecule has 0 radical (unpaired) electrons. The van der Waals surface area contributed by atoms with Crippen LogP contribution in [0, 0.1) is 5.82 Å². The summed E-state index contributed by atoms with van der Waals surface area (Å²) >= 11 is 5.37. The van der Waals surface area contributed by atoms with Gasteiger partial charge < -0.3 is 20.7 Å². The van der Waals surface area contributed by atoms with Gasteiger partial charge in [-0.15, -0.1) is 0 Å². The Morgan fingerprint density at radius 2 is 2.11 bits per heavy atom. The van der Waals surface area contributed by atoms with Gasteiger partial charge in [0.2, 0.25) is 0 Å². The zero-order valence-corrected chi connectivity index (χ0v) is 15.9. The number of hydrogen-bond acceptors (Lipinski definition) is 5. The van der Waals surface area contributed by atoms with E-state index in [2.05, 4.69) is 10.3 Å². The Labute approximate surface area is 160 Å². The van der Waals surface area contributed by atoms with Crippen molar-refractivity contribution >= 4 is 34.5 Å². The molecule has 8 nitrogen and oxygen atoms in total. The number of H-pyrrole nitrogens is 1. The molecule has 0 aliphatic rings. The third-order valence-corrected chi connectivity index (χ3v) is 4.13. The lowest BCUT2D eigenvalue weighted by Crippen LogP contribution is -2.44. The minimum atomic E-state index is -0.682. The van der Waals surface area contributed by atoms with E-state index < -0.39 is 17.1 Å². The van der Waals surface area contributed by atoms with Crippen LogP contribution in [0.4, 0.5) is 21.6 Å². The lowest BCUT2D eigenvalue weighted by molar-refractivity contribution is 0.208. The van der Waals surface area contributed by atoms with Crippen molar-refractivity contribution in [2.24, 2.45) is 0 Å². The van der Waals surface area contributed by atoms with E-state index >= 15 is 0 Å². The molecule has 0 aliphatic heterocycles. The maximum Gasteiger partial charge on any atom is 0.330 e. The van der Waals surface area contributed by atoms with Gasteiger partial charge in [-0.2, -0.15) is 0 Å². The van der Waals surface area contributed by atoms with Gasteiger partial charge in [0.05, 0.1) is 12.3 Å². The van der Waals surface area contributed by atoms with E-state index in [1.165, 1.54) is 28.7 Å². The number of nitrogens with one attached hydrogen (secondary N) is 2. The minimum absolute atomic E-state index is 0.00828. The van der Waals surface area contributed by atoms with E-state index in [0.29, 0.717) is 13.0 Å². The molecule has 2 rings (SSSR count). The first kappa shape index (κ1) is 20.6. The molecule has 4 N–H and O–H groups in total. The molecule has 0 spiro atoms. The highest BCUT2D eigenvalue weighted by Crippen LogP contribution is 2.20. The van der Waals surface area contributed by atoms with E-state index in [1.54, 1.807) is 12.1 Å². The molecular formula is C17H22FN5O3S. The summed E-state index contributed by atoms with van der Waals surface area (Å²) in [6.07, 6.45) is 0.644. The summed E-state index contributed by atoms with van der Waals surface area (Å²) in [6, 6.07) is 6.00. The van der Waals surface area contributed by atoms with Crippen molar-refractivity contribution in [2.45, 2.75) is 19.9 Å². The number of hydrogen-bond donors (Lipinski definition) is 3. The second-order valence-electron chi connectivity index (χ2n) is 5.70. The van der Waals surface area contributed by atoms with Crippen LogP contribution in [0.3, 0.4) is 0 Å². The van der Waals surface area contributed by atoms with Crippen LogP contribution in [-0.2, 0) is 11.3 Å². The van der Waals surface area contributed by atoms with Gasteiger partial charge in [-0.05, 0) is 30.8 Å². The molecule has 0 unspecified atom stereocenters. The Morgan fingerprint density at radius 3 is 2.74 bits per heavy atom. The fraction of sp³-hybridized carbons (Fsp3) is 0.353. The van der Waals surface area contributed by atoms with Crippen molar-refractivity contribution in [2.75, 3.05) is 36.2 Å². The highest BCUT2D eigenvalue weighted by atomic mass is 32.1. The highest BCUT2D eigenvalue weighted by Gasteiger charge is 2.22. The third-order valence-electron chi connectivity index (χ3n) is 3.81. The summed E-state index contributed by atoms with van der Waals surface area (Å²) < 4.78 is 20.3. The number of rotatable bonds is 7. The van der Waals surface area contributed by atoms with Crippen LogP contribution < -0.4 is 27.2 Å². The molecule has 0 saturated heterocycles. The number of nitrogens with two attached hydrogens (primary N) is 1. The number of nitrogens with zero attached hydrogens (tertiary/aromatic N) is 2. The Morgan fingerprint density at radius 1 is 1.41 bits per heavy atom. The average Bonchev–Trinajstić information content (AvgIpc) is 2.63. The van der Waals surface area contributed by atoms with Crippen molar-refractivity contribution in [3.8, 4) is 0 Å². The Bertz CT molecular complexity index is 928. The van der Waals surface area contributed by atoms with Gasteiger partial charge >= 0.3 is 5.69 Å². The lowest BCUT2D eigenvalue weighted by atomic mass is 10.3. The first-order valence-corrected chi connectivity index (χ1v) is 8.76. The summed E-state index contributed by atoms with van der Waals surface area (Å²) in [7, 11) is 1.50. The zero-order chi connectivity index (χ0) is 20.0. The van der Waals surface area contributed by atoms with Gasteiger partial charge in [0.1, 0.15) is 11.6 Å². The summed E-state index contributed by atoms with van der Waals surface area (Å²) in [5.74, 6) is -0.510. The van der Waals surface area contributed by atoms with Gasteiger partial charge in [-0.25, -0.2) is 9.18 Å². The maximum atomic E-state index is 13.9. The molecule has 0 aliphatic carbocycles. The lowest BCUT2D eigenvalue weighted by Gasteiger charge is -2.27. The fourth-order valence-corrected chi connectivity index (χ4v) is 2.82. The van der Waals surface area contributed by atoms with Crippen LogP contribution in [0.5, 0.6) is 0 Å². The molecule has 0 bridgehead atoms. The van der Waals surface area contributed by atoms with E-state index in [-0.39, 0.29) is 35.5 Å². The predicted octanol–water partition coefficient (Wildman–Crippen LogP) is 1.52. The maximum absolute atomic E-state index is 13.9. The second-order valence-corrected chi connectivity index (χ2v) is 6.09. The van der Waals surface area contributed by atoms with E-state index in [9.17, 15) is 14.0 Å².